The molecule has 7 heteroatoms. The Hall–Kier alpha value is -1.02. The molecule has 2 N–H and O–H groups in total. The zero-order valence-electron chi connectivity index (χ0n) is 11.9. The molecule has 0 fully saturated rings. The molecule has 5 nitrogen and oxygen atoms in total. The van der Waals surface area contributed by atoms with Crippen molar-refractivity contribution in [1.82, 2.24) is 4.31 Å². The molecule has 0 saturated heterocycles. The highest BCUT2D eigenvalue weighted by atomic mass is 32.2. The third-order valence-electron chi connectivity index (χ3n) is 2.97. The van der Waals surface area contributed by atoms with Gasteiger partial charge in [-0.1, -0.05) is 18.3 Å². The topological polar surface area (TPSA) is 72.6 Å². The fourth-order valence-corrected chi connectivity index (χ4v) is 3.35. The molecule has 0 aromatic heterocycles. The van der Waals surface area contributed by atoms with Gasteiger partial charge in [-0.15, -0.1) is 0 Å². The monoisotopic (exact) mass is 316 g/mol. The summed E-state index contributed by atoms with van der Waals surface area (Å²) in [4.78, 5) is 0.530. The molecule has 112 valence electrons. The molecular formula is C13H20N2O3S2. The summed E-state index contributed by atoms with van der Waals surface area (Å²) in [6, 6.07) is 4.87. The number of benzene rings is 1. The highest BCUT2D eigenvalue weighted by molar-refractivity contribution is 7.89. The minimum absolute atomic E-state index is 0.255. The van der Waals surface area contributed by atoms with Crippen LogP contribution in [0.5, 0.6) is 0 Å². The molecule has 1 aromatic rings. The number of sulfonamides is 1. The third kappa shape index (κ3) is 3.99. The largest absolute Gasteiger partial charge is 0.389 e. The maximum absolute atomic E-state index is 12.4. The number of aryl methyl sites for hydroxylation is 1. The summed E-state index contributed by atoms with van der Waals surface area (Å²) in [6.45, 7) is 2.67. The van der Waals surface area contributed by atoms with Gasteiger partial charge in [0.2, 0.25) is 10.0 Å². The van der Waals surface area contributed by atoms with Crippen LogP contribution < -0.4 is 5.73 Å². The molecule has 0 saturated carbocycles. The number of nitrogens with zero attached hydrogens (tertiary/aromatic N) is 1. The average molecular weight is 316 g/mol. The van der Waals surface area contributed by atoms with Gasteiger partial charge in [-0.05, 0) is 31.0 Å². The van der Waals surface area contributed by atoms with E-state index in [0.29, 0.717) is 30.7 Å². The number of thiocarbonyl (C=S) groups is 1. The van der Waals surface area contributed by atoms with Gasteiger partial charge in [0.05, 0.1) is 4.90 Å². The molecule has 0 aliphatic rings. The zero-order chi connectivity index (χ0) is 15.3. The summed E-state index contributed by atoms with van der Waals surface area (Å²) in [5.41, 5.74) is 6.84. The van der Waals surface area contributed by atoms with Crippen molar-refractivity contribution >= 4 is 27.2 Å². The van der Waals surface area contributed by atoms with Crippen molar-refractivity contribution < 1.29 is 13.2 Å². The highest BCUT2D eigenvalue weighted by Gasteiger charge is 2.22. The van der Waals surface area contributed by atoms with Gasteiger partial charge in [-0.2, -0.15) is 0 Å². The van der Waals surface area contributed by atoms with E-state index >= 15 is 0 Å². The Balaban J connectivity index is 3.00. The quantitative estimate of drug-likeness (QED) is 0.606. The second-order valence-electron chi connectivity index (χ2n) is 4.52. The van der Waals surface area contributed by atoms with E-state index in [9.17, 15) is 8.42 Å². The van der Waals surface area contributed by atoms with E-state index in [1.165, 1.54) is 4.31 Å². The Morgan fingerprint density at radius 1 is 1.45 bits per heavy atom. The van der Waals surface area contributed by atoms with E-state index in [1.807, 2.05) is 0 Å². The minimum Gasteiger partial charge on any atom is -0.389 e. The van der Waals surface area contributed by atoms with Crippen molar-refractivity contribution in [2.45, 2.75) is 18.2 Å². The van der Waals surface area contributed by atoms with E-state index in [2.05, 4.69) is 0 Å². The lowest BCUT2D eigenvalue weighted by atomic mass is 10.1. The van der Waals surface area contributed by atoms with Crippen LogP contribution in [0.4, 0.5) is 0 Å². The molecule has 0 aliphatic carbocycles. The van der Waals surface area contributed by atoms with Gasteiger partial charge < -0.3 is 10.5 Å². The van der Waals surface area contributed by atoms with Crippen LogP contribution in [0.3, 0.4) is 0 Å². The van der Waals surface area contributed by atoms with Crippen LogP contribution in [0.1, 0.15) is 17.5 Å². The van der Waals surface area contributed by atoms with Gasteiger partial charge >= 0.3 is 0 Å². The first-order chi connectivity index (χ1) is 9.30. The number of hydrogen-bond acceptors (Lipinski definition) is 4. The summed E-state index contributed by atoms with van der Waals surface area (Å²) in [5.74, 6) is 0. The fourth-order valence-electron chi connectivity index (χ4n) is 1.81. The van der Waals surface area contributed by atoms with Gasteiger partial charge in [0, 0.05) is 32.9 Å². The van der Waals surface area contributed by atoms with E-state index in [1.54, 1.807) is 39.3 Å². The first-order valence-electron chi connectivity index (χ1n) is 6.16. The van der Waals surface area contributed by atoms with Gasteiger partial charge in [0.1, 0.15) is 4.99 Å². The number of hydrogen-bond donors (Lipinski definition) is 1. The Morgan fingerprint density at radius 2 is 2.10 bits per heavy atom. The SMILES string of the molecule is COCCCN(C)S(=O)(=O)c1ccc(C(N)=S)cc1C. The fraction of sp³-hybridized carbons (Fsp3) is 0.462. The van der Waals surface area contributed by atoms with Gasteiger partial charge in [0.25, 0.3) is 0 Å². The second kappa shape index (κ2) is 7.12. The van der Waals surface area contributed by atoms with Crippen LogP contribution in [0.2, 0.25) is 0 Å². The molecule has 0 radical (unpaired) electrons. The minimum atomic E-state index is -3.50. The summed E-state index contributed by atoms with van der Waals surface area (Å²) in [6.07, 6.45) is 0.649. The molecule has 0 aliphatic heterocycles. The van der Waals surface area contributed by atoms with Gasteiger partial charge in [-0.25, -0.2) is 12.7 Å². The van der Waals surface area contributed by atoms with Crippen molar-refractivity contribution in [3.05, 3.63) is 29.3 Å². The van der Waals surface area contributed by atoms with Crippen LogP contribution in [-0.2, 0) is 14.8 Å². The maximum atomic E-state index is 12.4. The van der Waals surface area contributed by atoms with Crippen LogP contribution in [0.15, 0.2) is 23.1 Å². The van der Waals surface area contributed by atoms with Crippen molar-refractivity contribution in [3.8, 4) is 0 Å². The predicted molar refractivity (Wildman–Crippen MR) is 83.4 cm³/mol. The lowest BCUT2D eigenvalue weighted by Crippen LogP contribution is -2.29. The summed E-state index contributed by atoms with van der Waals surface area (Å²) in [7, 11) is -0.347. The number of ether oxygens (including phenoxy) is 1. The number of nitrogens with two attached hydrogens (primary N) is 1. The first-order valence-corrected chi connectivity index (χ1v) is 8.01. The first kappa shape index (κ1) is 17.0. The third-order valence-corrected chi connectivity index (χ3v) is 5.22. The van der Waals surface area contributed by atoms with Crippen LogP contribution in [0.25, 0.3) is 0 Å². The van der Waals surface area contributed by atoms with E-state index in [4.69, 9.17) is 22.7 Å². The van der Waals surface area contributed by atoms with Gasteiger partial charge in [-0.3, -0.25) is 0 Å². The molecule has 20 heavy (non-hydrogen) atoms. The zero-order valence-corrected chi connectivity index (χ0v) is 13.6. The molecule has 0 atom stereocenters. The Bertz CT molecular complexity index is 585. The van der Waals surface area contributed by atoms with Crippen molar-refractivity contribution in [2.75, 3.05) is 27.3 Å². The molecular weight excluding hydrogens is 296 g/mol. The molecule has 1 aromatic carbocycles. The predicted octanol–water partition coefficient (Wildman–Crippen LogP) is 1.29. The van der Waals surface area contributed by atoms with Crippen LogP contribution in [-0.4, -0.2) is 45.0 Å². The van der Waals surface area contributed by atoms with Crippen molar-refractivity contribution in [3.63, 3.8) is 0 Å². The van der Waals surface area contributed by atoms with E-state index < -0.39 is 10.0 Å². The van der Waals surface area contributed by atoms with Crippen molar-refractivity contribution in [2.24, 2.45) is 5.73 Å². The standard InChI is InChI=1S/C13H20N2O3S2/c1-10-9-11(13(14)19)5-6-12(10)20(16,17)15(2)7-4-8-18-3/h5-6,9H,4,7-8H2,1-3H3,(H2,14,19). The summed E-state index contributed by atoms with van der Waals surface area (Å²) >= 11 is 4.88. The van der Waals surface area contributed by atoms with Crippen molar-refractivity contribution in [1.29, 1.82) is 0 Å². The maximum Gasteiger partial charge on any atom is 0.243 e. The average Bonchev–Trinajstić information content (AvgIpc) is 2.38. The summed E-state index contributed by atoms with van der Waals surface area (Å²) in [5, 5.41) is 0. The Kier molecular flexibility index (Phi) is 6.07. The Labute approximate surface area is 125 Å². The lowest BCUT2D eigenvalue weighted by Gasteiger charge is -2.18. The molecule has 0 amide bonds. The van der Waals surface area contributed by atoms with Gasteiger partial charge in [0.15, 0.2) is 0 Å². The smallest absolute Gasteiger partial charge is 0.243 e. The molecule has 0 unspecified atom stereocenters. The normalized spacial score (nSPS) is 11.8. The van der Waals surface area contributed by atoms with Crippen LogP contribution in [0, 0.1) is 6.92 Å². The van der Waals surface area contributed by atoms with Crippen LogP contribution >= 0.6 is 12.2 Å². The lowest BCUT2D eigenvalue weighted by molar-refractivity contribution is 0.189. The number of rotatable bonds is 7. The molecule has 0 bridgehead atoms. The highest BCUT2D eigenvalue weighted by Crippen LogP contribution is 2.20. The Morgan fingerprint density at radius 3 is 2.60 bits per heavy atom. The number of methoxy groups -OCH3 is 1. The molecule has 0 spiro atoms. The van der Waals surface area contributed by atoms with E-state index in [0.717, 1.165) is 0 Å². The molecule has 1 rings (SSSR count). The van der Waals surface area contributed by atoms with E-state index in [-0.39, 0.29) is 9.88 Å². The summed E-state index contributed by atoms with van der Waals surface area (Å²) < 4.78 is 31.2. The second-order valence-corrected chi connectivity index (χ2v) is 6.97. The molecule has 0 heterocycles.